The fraction of sp³-hybridized carbons (Fsp3) is 0.450. The minimum Gasteiger partial charge on any atom is -0.463 e. The van der Waals surface area contributed by atoms with Crippen molar-refractivity contribution in [2.45, 2.75) is 59.3 Å². The summed E-state index contributed by atoms with van der Waals surface area (Å²) in [6.07, 6.45) is 1.03. The van der Waals surface area contributed by atoms with E-state index < -0.39 is 5.60 Å². The highest BCUT2D eigenvalue weighted by molar-refractivity contribution is 5.95. The van der Waals surface area contributed by atoms with Crippen LogP contribution in [0, 0.1) is 12.8 Å². The average Bonchev–Trinajstić information content (AvgIpc) is 3.61. The van der Waals surface area contributed by atoms with Crippen LogP contribution in [0.4, 0.5) is 21.1 Å². The van der Waals surface area contributed by atoms with E-state index in [4.69, 9.17) is 24.2 Å². The Morgan fingerprint density at radius 3 is 2.39 bits per heavy atom. The highest BCUT2D eigenvalue weighted by Crippen LogP contribution is 2.35. The maximum absolute atomic E-state index is 12.9. The lowest BCUT2D eigenvalue weighted by atomic mass is 10.0. The normalized spacial score (nSPS) is 17.8. The molecule has 3 aromatic carbocycles. The lowest BCUT2D eigenvalue weighted by Gasteiger charge is -2.38. The first-order valence-corrected chi connectivity index (χ1v) is 18.0. The zero-order valence-corrected chi connectivity index (χ0v) is 30.1. The quantitative estimate of drug-likeness (QED) is 0.212. The largest absolute Gasteiger partial charge is 0.463 e. The van der Waals surface area contributed by atoms with Gasteiger partial charge in [-0.1, -0.05) is 60.7 Å². The van der Waals surface area contributed by atoms with Crippen molar-refractivity contribution in [3.8, 4) is 6.01 Å². The Labute approximate surface area is 300 Å². The van der Waals surface area contributed by atoms with E-state index in [0.29, 0.717) is 58.4 Å². The predicted molar refractivity (Wildman–Crippen MR) is 197 cm³/mol. The van der Waals surface area contributed by atoms with Crippen LogP contribution in [-0.4, -0.2) is 90.0 Å². The predicted octanol–water partition coefficient (Wildman–Crippen LogP) is 6.60. The molecule has 11 nitrogen and oxygen atoms in total. The van der Waals surface area contributed by atoms with Crippen LogP contribution in [0.2, 0.25) is 0 Å². The van der Waals surface area contributed by atoms with Gasteiger partial charge in [-0.3, -0.25) is 0 Å². The van der Waals surface area contributed by atoms with Crippen LogP contribution in [-0.2, 0) is 29.0 Å². The summed E-state index contributed by atoms with van der Waals surface area (Å²) >= 11 is 0. The van der Waals surface area contributed by atoms with Crippen molar-refractivity contribution in [3.05, 3.63) is 89.1 Å². The van der Waals surface area contributed by atoms with Gasteiger partial charge in [-0.05, 0) is 63.1 Å². The lowest BCUT2D eigenvalue weighted by molar-refractivity contribution is 0.0284. The standard InChI is InChI=1S/C40H48N6O5/c1-28-22-31-12-8-9-13-32(31)35(23-28)45-17-15-33-34(25-45)41-37(49-27-30-14-16-46(24-30)39(48)51-40(2,3)4)42-36(33)43-18-20-44(21-19-43)38(47)50-26-29-10-6-5-7-11-29/h5-13,22-23,30H,14-21,24-27H2,1-4H3/t30-/m1/s1. The average molecular weight is 693 g/mol. The summed E-state index contributed by atoms with van der Waals surface area (Å²) in [5.41, 5.74) is 4.94. The number of rotatable bonds is 7. The van der Waals surface area contributed by atoms with Crippen molar-refractivity contribution >= 4 is 34.5 Å². The molecule has 0 N–H and O–H groups in total. The van der Waals surface area contributed by atoms with Crippen molar-refractivity contribution in [2.24, 2.45) is 5.92 Å². The number of nitrogens with zero attached hydrogens (tertiary/aromatic N) is 6. The fourth-order valence-corrected chi connectivity index (χ4v) is 7.18. The van der Waals surface area contributed by atoms with Gasteiger partial charge < -0.3 is 33.8 Å². The van der Waals surface area contributed by atoms with Crippen LogP contribution in [0.1, 0.15) is 49.6 Å². The number of hydrogen-bond donors (Lipinski definition) is 0. The van der Waals surface area contributed by atoms with Crippen molar-refractivity contribution < 1.29 is 23.8 Å². The molecule has 268 valence electrons. The number of anilines is 2. The topological polar surface area (TPSA) is 101 Å². The second kappa shape index (κ2) is 14.7. The lowest BCUT2D eigenvalue weighted by Crippen LogP contribution is -2.49. The molecule has 4 aromatic rings. The second-order valence-corrected chi connectivity index (χ2v) is 14.8. The number of piperazine rings is 1. The van der Waals surface area contributed by atoms with Crippen LogP contribution in [0.15, 0.2) is 66.7 Å². The van der Waals surface area contributed by atoms with Gasteiger partial charge >= 0.3 is 18.2 Å². The molecule has 0 unspecified atom stereocenters. The van der Waals surface area contributed by atoms with E-state index in [2.05, 4.69) is 53.1 Å². The van der Waals surface area contributed by atoms with Crippen LogP contribution >= 0.6 is 0 Å². The second-order valence-electron chi connectivity index (χ2n) is 14.8. The Morgan fingerprint density at radius 2 is 1.61 bits per heavy atom. The summed E-state index contributed by atoms with van der Waals surface area (Å²) in [5, 5.41) is 2.45. The van der Waals surface area contributed by atoms with Crippen LogP contribution in [0.3, 0.4) is 0 Å². The van der Waals surface area contributed by atoms with Gasteiger partial charge in [0.05, 0.1) is 18.8 Å². The molecule has 2 fully saturated rings. The Bertz CT molecular complexity index is 1870. The molecule has 51 heavy (non-hydrogen) atoms. The van der Waals surface area contributed by atoms with Gasteiger partial charge in [0.1, 0.15) is 18.0 Å². The van der Waals surface area contributed by atoms with E-state index >= 15 is 0 Å². The number of carbonyl (C=O) groups is 2. The third kappa shape index (κ3) is 8.13. The number of aromatic nitrogens is 2. The first kappa shape index (κ1) is 34.4. The zero-order chi connectivity index (χ0) is 35.5. The van der Waals surface area contributed by atoms with Gasteiger partial charge in [-0.15, -0.1) is 0 Å². The van der Waals surface area contributed by atoms with Gasteiger partial charge in [0.25, 0.3) is 0 Å². The number of hydrogen-bond acceptors (Lipinski definition) is 9. The minimum atomic E-state index is -0.536. The summed E-state index contributed by atoms with van der Waals surface area (Å²) in [5.74, 6) is 1.03. The number of amides is 2. The first-order chi connectivity index (χ1) is 24.6. The summed E-state index contributed by atoms with van der Waals surface area (Å²) in [6.45, 7) is 13.5. The molecular weight excluding hydrogens is 644 g/mol. The molecule has 0 radical (unpaired) electrons. The van der Waals surface area contributed by atoms with Crippen molar-refractivity contribution in [2.75, 3.05) is 62.2 Å². The molecule has 7 rings (SSSR count). The number of carbonyl (C=O) groups excluding carboxylic acids is 2. The van der Waals surface area contributed by atoms with E-state index in [9.17, 15) is 9.59 Å². The number of ether oxygens (including phenoxy) is 3. The maximum atomic E-state index is 12.9. The Hall–Kier alpha value is -5.06. The van der Waals surface area contributed by atoms with Gasteiger partial charge in [0, 0.05) is 68.4 Å². The van der Waals surface area contributed by atoms with E-state index in [-0.39, 0.29) is 24.7 Å². The van der Waals surface area contributed by atoms with E-state index in [1.165, 1.54) is 22.0 Å². The molecule has 0 saturated carbocycles. The summed E-state index contributed by atoms with van der Waals surface area (Å²) in [7, 11) is 0. The number of benzene rings is 3. The number of likely N-dealkylation sites (tertiary alicyclic amines) is 1. The van der Waals surface area contributed by atoms with Crippen molar-refractivity contribution in [1.82, 2.24) is 19.8 Å². The fourth-order valence-electron chi connectivity index (χ4n) is 7.18. The highest BCUT2D eigenvalue weighted by atomic mass is 16.6. The van der Waals surface area contributed by atoms with E-state index in [1.54, 1.807) is 9.80 Å². The van der Waals surface area contributed by atoms with E-state index in [0.717, 1.165) is 42.0 Å². The molecule has 2 amide bonds. The molecule has 1 atom stereocenters. The number of aryl methyl sites for hydroxylation is 1. The SMILES string of the molecule is Cc1cc(N2CCc3c(nc(OC[C@@H]4CCN(C(=O)OC(C)(C)C)C4)nc3N3CCN(C(=O)OCc4ccccc4)CC3)C2)c2ccccc2c1. The molecule has 0 aliphatic carbocycles. The van der Waals surface area contributed by atoms with Crippen LogP contribution in [0.25, 0.3) is 10.8 Å². The Balaban J connectivity index is 1.08. The molecule has 0 bridgehead atoms. The third-order valence-corrected chi connectivity index (χ3v) is 9.78. The van der Waals surface area contributed by atoms with Crippen molar-refractivity contribution in [1.29, 1.82) is 0 Å². The smallest absolute Gasteiger partial charge is 0.410 e. The van der Waals surface area contributed by atoms with Crippen molar-refractivity contribution in [3.63, 3.8) is 0 Å². The molecule has 1 aromatic heterocycles. The Kier molecular flexibility index (Phi) is 9.88. The van der Waals surface area contributed by atoms with Gasteiger partial charge in [0.2, 0.25) is 0 Å². The molecule has 2 saturated heterocycles. The number of fused-ring (bicyclic) bond motifs is 2. The maximum Gasteiger partial charge on any atom is 0.410 e. The minimum absolute atomic E-state index is 0.154. The van der Waals surface area contributed by atoms with Gasteiger partial charge in [-0.2, -0.15) is 9.97 Å². The Morgan fingerprint density at radius 1 is 0.843 bits per heavy atom. The van der Waals surface area contributed by atoms with Crippen LogP contribution in [0.5, 0.6) is 6.01 Å². The van der Waals surface area contributed by atoms with E-state index in [1.807, 2.05) is 51.1 Å². The molecule has 4 heterocycles. The van der Waals surface area contributed by atoms with Gasteiger partial charge in [-0.25, -0.2) is 9.59 Å². The summed E-state index contributed by atoms with van der Waals surface area (Å²) in [6, 6.07) is 23.1. The highest BCUT2D eigenvalue weighted by Gasteiger charge is 2.32. The molecule has 0 spiro atoms. The zero-order valence-electron chi connectivity index (χ0n) is 30.1. The van der Waals surface area contributed by atoms with Gasteiger partial charge in [0.15, 0.2) is 0 Å². The third-order valence-electron chi connectivity index (χ3n) is 9.78. The summed E-state index contributed by atoms with van der Waals surface area (Å²) < 4.78 is 17.6. The molecular formula is C40H48N6O5. The van der Waals surface area contributed by atoms with Crippen LogP contribution < -0.4 is 14.5 Å². The summed E-state index contributed by atoms with van der Waals surface area (Å²) in [4.78, 5) is 43.8. The molecule has 3 aliphatic rings. The monoisotopic (exact) mass is 692 g/mol. The molecule has 11 heteroatoms. The first-order valence-electron chi connectivity index (χ1n) is 18.0. The molecule has 3 aliphatic heterocycles.